The van der Waals surface area contributed by atoms with E-state index in [9.17, 15) is 0 Å². The Morgan fingerprint density at radius 1 is 1.27 bits per heavy atom. The average molecular weight is 277 g/mol. The van der Waals surface area contributed by atoms with Crippen molar-refractivity contribution in [1.29, 1.82) is 0 Å². The largest absolute Gasteiger partial charge is 0.378 e. The second-order valence-electron chi connectivity index (χ2n) is 4.75. The van der Waals surface area contributed by atoms with Crippen molar-refractivity contribution in [3.05, 3.63) is 0 Å². The van der Waals surface area contributed by atoms with Gasteiger partial charge in [-0.05, 0) is 24.7 Å². The smallest absolute Gasteiger partial charge is 0.0603 e. The predicted octanol–water partition coefficient (Wildman–Crippen LogP) is 4.39. The van der Waals surface area contributed by atoms with Gasteiger partial charge in [0.05, 0.1) is 12.7 Å². The molecular formula is C13H25BrO. The van der Waals surface area contributed by atoms with Crippen molar-refractivity contribution in [3.8, 4) is 0 Å². The van der Waals surface area contributed by atoms with Crippen molar-refractivity contribution in [2.24, 2.45) is 11.8 Å². The molecule has 2 heteroatoms. The zero-order valence-electron chi connectivity index (χ0n) is 10.2. The third kappa shape index (κ3) is 4.44. The van der Waals surface area contributed by atoms with Gasteiger partial charge in [-0.25, -0.2) is 0 Å². The van der Waals surface area contributed by atoms with E-state index in [1.807, 2.05) is 0 Å². The Labute approximate surface area is 103 Å². The average Bonchev–Trinajstić information content (AvgIpc) is 2.31. The third-order valence-corrected chi connectivity index (χ3v) is 4.62. The number of ether oxygens (including phenoxy) is 1. The first-order valence-corrected chi connectivity index (χ1v) is 7.61. The van der Waals surface area contributed by atoms with Gasteiger partial charge in [0.1, 0.15) is 0 Å². The first-order chi connectivity index (χ1) is 7.31. The van der Waals surface area contributed by atoms with Crippen LogP contribution in [0.5, 0.6) is 0 Å². The minimum atomic E-state index is 0.553. The summed E-state index contributed by atoms with van der Waals surface area (Å²) in [5.41, 5.74) is 0. The molecule has 0 saturated heterocycles. The molecule has 0 aromatic rings. The second-order valence-corrected chi connectivity index (χ2v) is 5.40. The van der Waals surface area contributed by atoms with Gasteiger partial charge in [0.2, 0.25) is 0 Å². The summed E-state index contributed by atoms with van der Waals surface area (Å²) in [6.45, 7) is 5.49. The molecule has 1 rings (SSSR count). The summed E-state index contributed by atoms with van der Waals surface area (Å²) in [5.74, 6) is 1.52. The van der Waals surface area contributed by atoms with Gasteiger partial charge in [0.15, 0.2) is 0 Å². The van der Waals surface area contributed by atoms with Crippen LogP contribution in [-0.4, -0.2) is 18.0 Å². The number of halogens is 1. The van der Waals surface area contributed by atoms with Crippen LogP contribution < -0.4 is 0 Å². The van der Waals surface area contributed by atoms with Crippen molar-refractivity contribution < 1.29 is 4.74 Å². The van der Waals surface area contributed by atoms with Gasteiger partial charge in [-0.1, -0.05) is 55.5 Å². The quantitative estimate of drug-likeness (QED) is 0.654. The molecule has 90 valence electrons. The molecule has 0 aromatic heterocycles. The van der Waals surface area contributed by atoms with Crippen molar-refractivity contribution >= 4 is 15.9 Å². The van der Waals surface area contributed by atoms with Gasteiger partial charge in [0, 0.05) is 5.33 Å². The molecule has 1 aliphatic carbocycles. The van der Waals surface area contributed by atoms with Gasteiger partial charge < -0.3 is 4.74 Å². The predicted molar refractivity (Wildman–Crippen MR) is 69.6 cm³/mol. The Bertz CT molecular complexity index is 157. The molecule has 0 amide bonds. The lowest BCUT2D eigenvalue weighted by Crippen LogP contribution is -2.29. The van der Waals surface area contributed by atoms with E-state index in [0.29, 0.717) is 12.0 Å². The zero-order valence-corrected chi connectivity index (χ0v) is 11.8. The van der Waals surface area contributed by atoms with E-state index >= 15 is 0 Å². The molecule has 3 atom stereocenters. The van der Waals surface area contributed by atoms with Gasteiger partial charge in [0.25, 0.3) is 0 Å². The summed E-state index contributed by atoms with van der Waals surface area (Å²) in [5, 5.41) is 1.08. The Kier molecular flexibility index (Phi) is 6.91. The van der Waals surface area contributed by atoms with Gasteiger partial charge >= 0.3 is 0 Å². The summed E-state index contributed by atoms with van der Waals surface area (Å²) >= 11 is 3.55. The Morgan fingerprint density at radius 3 is 2.60 bits per heavy atom. The molecule has 0 heterocycles. The lowest BCUT2D eigenvalue weighted by Gasteiger charge is -2.31. The molecule has 15 heavy (non-hydrogen) atoms. The Morgan fingerprint density at radius 2 is 2.00 bits per heavy atom. The number of hydrogen-bond acceptors (Lipinski definition) is 1. The summed E-state index contributed by atoms with van der Waals surface area (Å²) in [6.07, 6.45) is 8.51. The molecule has 1 saturated carbocycles. The SMILES string of the molecule is CCC(CBr)COC1CCCCC1CC. The normalized spacial score (nSPS) is 29.0. The van der Waals surface area contributed by atoms with Crippen LogP contribution in [0, 0.1) is 11.8 Å². The molecule has 0 aromatic carbocycles. The molecular weight excluding hydrogens is 252 g/mol. The topological polar surface area (TPSA) is 9.23 Å². The molecule has 0 bridgehead atoms. The molecule has 1 nitrogen and oxygen atoms in total. The number of rotatable bonds is 6. The second kappa shape index (κ2) is 7.67. The van der Waals surface area contributed by atoms with Crippen LogP contribution in [0.4, 0.5) is 0 Å². The van der Waals surface area contributed by atoms with Crippen LogP contribution >= 0.6 is 15.9 Å². The van der Waals surface area contributed by atoms with E-state index in [1.54, 1.807) is 0 Å². The fourth-order valence-corrected chi connectivity index (χ4v) is 3.04. The molecule has 0 radical (unpaired) electrons. The van der Waals surface area contributed by atoms with Crippen LogP contribution in [0.15, 0.2) is 0 Å². The first-order valence-electron chi connectivity index (χ1n) is 6.49. The molecule has 0 spiro atoms. The monoisotopic (exact) mass is 276 g/mol. The summed E-state index contributed by atoms with van der Waals surface area (Å²) in [4.78, 5) is 0. The minimum Gasteiger partial charge on any atom is -0.378 e. The standard InChI is InChI=1S/C13H25BrO/c1-3-11(9-14)10-15-13-8-6-5-7-12(13)4-2/h11-13H,3-10H2,1-2H3. The summed E-state index contributed by atoms with van der Waals surface area (Å²) in [6, 6.07) is 0. The minimum absolute atomic E-state index is 0.553. The van der Waals surface area contributed by atoms with Crippen LogP contribution in [0.3, 0.4) is 0 Å². The zero-order chi connectivity index (χ0) is 11.1. The van der Waals surface area contributed by atoms with E-state index in [2.05, 4.69) is 29.8 Å². The van der Waals surface area contributed by atoms with Gasteiger partial charge in [-0.3, -0.25) is 0 Å². The highest BCUT2D eigenvalue weighted by Gasteiger charge is 2.24. The van der Waals surface area contributed by atoms with E-state index < -0.39 is 0 Å². The van der Waals surface area contributed by atoms with Crippen molar-refractivity contribution in [2.45, 2.75) is 58.5 Å². The van der Waals surface area contributed by atoms with Crippen molar-refractivity contribution in [1.82, 2.24) is 0 Å². The first kappa shape index (κ1) is 13.5. The highest BCUT2D eigenvalue weighted by molar-refractivity contribution is 9.09. The third-order valence-electron chi connectivity index (χ3n) is 3.71. The number of hydrogen-bond donors (Lipinski definition) is 0. The maximum Gasteiger partial charge on any atom is 0.0603 e. The fourth-order valence-electron chi connectivity index (χ4n) is 2.39. The lowest BCUT2D eigenvalue weighted by molar-refractivity contribution is -0.0253. The maximum absolute atomic E-state index is 6.10. The van der Waals surface area contributed by atoms with E-state index in [1.165, 1.54) is 38.5 Å². The number of alkyl halides is 1. The molecule has 0 aliphatic heterocycles. The van der Waals surface area contributed by atoms with E-state index in [4.69, 9.17) is 4.74 Å². The van der Waals surface area contributed by atoms with Gasteiger partial charge in [-0.15, -0.1) is 0 Å². The highest BCUT2D eigenvalue weighted by atomic mass is 79.9. The maximum atomic E-state index is 6.10. The van der Waals surface area contributed by atoms with Crippen molar-refractivity contribution in [3.63, 3.8) is 0 Å². The lowest BCUT2D eigenvalue weighted by atomic mass is 9.84. The van der Waals surface area contributed by atoms with Gasteiger partial charge in [-0.2, -0.15) is 0 Å². The Hall–Kier alpha value is 0.440. The molecule has 0 N–H and O–H groups in total. The van der Waals surface area contributed by atoms with Crippen LogP contribution in [0.2, 0.25) is 0 Å². The highest BCUT2D eigenvalue weighted by Crippen LogP contribution is 2.29. The molecule has 1 fully saturated rings. The van der Waals surface area contributed by atoms with Crippen molar-refractivity contribution in [2.75, 3.05) is 11.9 Å². The summed E-state index contributed by atoms with van der Waals surface area (Å²) < 4.78 is 6.10. The molecule has 3 unspecified atom stereocenters. The summed E-state index contributed by atoms with van der Waals surface area (Å²) in [7, 11) is 0. The van der Waals surface area contributed by atoms with E-state index in [-0.39, 0.29) is 0 Å². The van der Waals surface area contributed by atoms with E-state index in [0.717, 1.165) is 17.9 Å². The van der Waals surface area contributed by atoms with Crippen LogP contribution in [0.25, 0.3) is 0 Å². The van der Waals surface area contributed by atoms with Crippen LogP contribution in [-0.2, 0) is 4.74 Å². The van der Waals surface area contributed by atoms with Crippen LogP contribution in [0.1, 0.15) is 52.4 Å². The molecule has 1 aliphatic rings. The Balaban J connectivity index is 2.28. The fraction of sp³-hybridized carbons (Fsp3) is 1.00.